The van der Waals surface area contributed by atoms with Gasteiger partial charge in [0.1, 0.15) is 0 Å². The normalized spacial score (nSPS) is 17.1. The molecule has 0 aromatic heterocycles. The van der Waals surface area contributed by atoms with Gasteiger partial charge in [-0.05, 0) is 30.2 Å². The van der Waals surface area contributed by atoms with E-state index < -0.39 is 6.61 Å². The summed E-state index contributed by atoms with van der Waals surface area (Å²) in [5.41, 5.74) is 1.58. The Morgan fingerprint density at radius 3 is 2.70 bits per heavy atom. The molecule has 1 atom stereocenters. The number of benzene rings is 2. The van der Waals surface area contributed by atoms with Gasteiger partial charge in [0.2, 0.25) is 0 Å². The zero-order chi connectivity index (χ0) is 19.2. The van der Waals surface area contributed by atoms with E-state index in [1.807, 2.05) is 18.2 Å². The Morgan fingerprint density at radius 2 is 2.00 bits per heavy atom. The van der Waals surface area contributed by atoms with Crippen molar-refractivity contribution in [3.63, 3.8) is 0 Å². The van der Waals surface area contributed by atoms with Gasteiger partial charge in [-0.2, -0.15) is 8.78 Å². The molecule has 3 rings (SSSR count). The summed E-state index contributed by atoms with van der Waals surface area (Å²) in [6, 6.07) is 14.4. The number of rotatable bonds is 7. The minimum Gasteiger partial charge on any atom is -0.493 e. The highest BCUT2D eigenvalue weighted by Crippen LogP contribution is 2.29. The Labute approximate surface area is 156 Å². The first kappa shape index (κ1) is 19.1. The first-order valence-corrected chi connectivity index (χ1v) is 8.75. The first-order chi connectivity index (χ1) is 13.0. The molecule has 1 aliphatic heterocycles. The summed E-state index contributed by atoms with van der Waals surface area (Å²) >= 11 is 0. The average molecular weight is 376 g/mol. The van der Waals surface area contributed by atoms with Crippen molar-refractivity contribution in [2.75, 3.05) is 20.2 Å². The van der Waals surface area contributed by atoms with E-state index in [0.29, 0.717) is 5.56 Å². The molecule has 1 aliphatic rings. The second kappa shape index (κ2) is 8.81. The Kier molecular flexibility index (Phi) is 6.24. The lowest BCUT2D eigenvalue weighted by Gasteiger charge is -2.17. The molecular weight excluding hydrogens is 354 g/mol. The molecular formula is C20H22F2N2O3. The first-order valence-electron chi connectivity index (χ1n) is 8.75. The number of hydrogen-bond donors (Lipinski definition) is 1. The summed E-state index contributed by atoms with van der Waals surface area (Å²) in [5, 5.41) is 3.00. The zero-order valence-electron chi connectivity index (χ0n) is 15.0. The lowest BCUT2D eigenvalue weighted by Crippen LogP contribution is -2.37. The van der Waals surface area contributed by atoms with Gasteiger partial charge < -0.3 is 14.8 Å². The molecule has 1 saturated heterocycles. The molecule has 1 fully saturated rings. The minimum absolute atomic E-state index is 0.0456. The van der Waals surface area contributed by atoms with Crippen LogP contribution in [0.3, 0.4) is 0 Å². The Morgan fingerprint density at radius 1 is 1.22 bits per heavy atom. The third-order valence-electron chi connectivity index (χ3n) is 4.50. The highest BCUT2D eigenvalue weighted by atomic mass is 19.3. The Hall–Kier alpha value is -2.67. The highest BCUT2D eigenvalue weighted by Gasteiger charge is 2.24. The smallest absolute Gasteiger partial charge is 0.387 e. The molecule has 0 aliphatic carbocycles. The van der Waals surface area contributed by atoms with Crippen molar-refractivity contribution in [2.24, 2.45) is 0 Å². The Balaban J connectivity index is 1.57. The summed E-state index contributed by atoms with van der Waals surface area (Å²) in [7, 11) is 1.34. The van der Waals surface area contributed by atoms with Crippen LogP contribution in [0.4, 0.5) is 8.78 Å². The van der Waals surface area contributed by atoms with Gasteiger partial charge in [0.15, 0.2) is 11.5 Å². The Bertz CT molecular complexity index is 771. The monoisotopic (exact) mass is 376 g/mol. The van der Waals surface area contributed by atoms with Gasteiger partial charge in [-0.15, -0.1) is 0 Å². The predicted molar refractivity (Wildman–Crippen MR) is 97.2 cm³/mol. The fourth-order valence-corrected chi connectivity index (χ4v) is 3.21. The second-order valence-corrected chi connectivity index (χ2v) is 6.42. The number of halogens is 2. The van der Waals surface area contributed by atoms with Crippen LogP contribution in [0.2, 0.25) is 0 Å². The van der Waals surface area contributed by atoms with Crippen LogP contribution in [0.1, 0.15) is 22.3 Å². The van der Waals surface area contributed by atoms with E-state index in [4.69, 9.17) is 4.74 Å². The molecule has 0 spiro atoms. The van der Waals surface area contributed by atoms with E-state index >= 15 is 0 Å². The molecule has 27 heavy (non-hydrogen) atoms. The van der Waals surface area contributed by atoms with Crippen molar-refractivity contribution in [1.82, 2.24) is 10.2 Å². The molecule has 0 unspecified atom stereocenters. The number of amides is 1. The van der Waals surface area contributed by atoms with Crippen molar-refractivity contribution < 1.29 is 23.0 Å². The number of carbonyl (C=O) groups excluding carboxylic acids is 1. The number of alkyl halides is 2. The lowest BCUT2D eigenvalue weighted by atomic mass is 10.1. The predicted octanol–water partition coefficient (Wildman–Crippen LogP) is 3.30. The summed E-state index contributed by atoms with van der Waals surface area (Å²) in [6.45, 7) is -0.428. The van der Waals surface area contributed by atoms with Gasteiger partial charge in [-0.1, -0.05) is 30.3 Å². The van der Waals surface area contributed by atoms with Crippen LogP contribution in [0, 0.1) is 0 Å². The number of carbonyl (C=O) groups is 1. The maximum Gasteiger partial charge on any atom is 0.387 e. The van der Waals surface area contributed by atoms with E-state index in [0.717, 1.165) is 26.1 Å². The number of hydrogen-bond acceptors (Lipinski definition) is 4. The standard InChI is InChI=1S/C20H22F2N2O3/c1-26-18-11-15(7-8-17(18)27-20(21)22)19(25)23-16-9-10-24(13-16)12-14-5-3-2-4-6-14/h2-8,11,16,20H,9-10,12-13H2,1H3,(H,23,25)/t16-/m1/s1. The summed E-state index contributed by atoms with van der Waals surface area (Å²) in [6.07, 6.45) is 0.863. The van der Waals surface area contributed by atoms with Gasteiger partial charge in [-0.25, -0.2) is 0 Å². The molecule has 1 amide bonds. The zero-order valence-corrected chi connectivity index (χ0v) is 15.0. The molecule has 1 N–H and O–H groups in total. The quantitative estimate of drug-likeness (QED) is 0.806. The van der Waals surface area contributed by atoms with Gasteiger partial charge in [0.05, 0.1) is 7.11 Å². The van der Waals surface area contributed by atoms with Gasteiger partial charge in [0, 0.05) is 31.2 Å². The van der Waals surface area contributed by atoms with E-state index in [-0.39, 0.29) is 23.4 Å². The van der Waals surface area contributed by atoms with Crippen molar-refractivity contribution >= 4 is 5.91 Å². The molecule has 0 saturated carbocycles. The molecule has 5 nitrogen and oxygen atoms in total. The number of nitrogens with one attached hydrogen (secondary N) is 1. The van der Waals surface area contributed by atoms with Crippen LogP contribution >= 0.6 is 0 Å². The lowest BCUT2D eigenvalue weighted by molar-refractivity contribution is -0.0512. The fraction of sp³-hybridized carbons (Fsp3) is 0.350. The average Bonchev–Trinajstić information content (AvgIpc) is 3.09. The summed E-state index contributed by atoms with van der Waals surface area (Å²) < 4.78 is 34.2. The van der Waals surface area contributed by atoms with Gasteiger partial charge >= 0.3 is 6.61 Å². The second-order valence-electron chi connectivity index (χ2n) is 6.42. The van der Waals surface area contributed by atoms with E-state index in [2.05, 4.69) is 27.1 Å². The molecule has 0 bridgehead atoms. The SMILES string of the molecule is COc1cc(C(=O)N[C@@H]2CCN(Cc3ccccc3)C2)ccc1OC(F)F. The van der Waals surface area contributed by atoms with E-state index in [9.17, 15) is 13.6 Å². The van der Waals surface area contributed by atoms with Crippen molar-refractivity contribution in [1.29, 1.82) is 0 Å². The third-order valence-corrected chi connectivity index (χ3v) is 4.50. The molecule has 144 valence electrons. The highest BCUT2D eigenvalue weighted by molar-refractivity contribution is 5.95. The summed E-state index contributed by atoms with van der Waals surface area (Å²) in [4.78, 5) is 14.8. The number of ether oxygens (including phenoxy) is 2. The van der Waals surface area contributed by atoms with Crippen LogP contribution in [-0.4, -0.2) is 43.7 Å². The van der Waals surface area contributed by atoms with Gasteiger partial charge in [0.25, 0.3) is 5.91 Å². The van der Waals surface area contributed by atoms with Crippen molar-refractivity contribution in [3.8, 4) is 11.5 Å². The van der Waals surface area contributed by atoms with Crippen LogP contribution < -0.4 is 14.8 Å². The van der Waals surface area contributed by atoms with Crippen molar-refractivity contribution in [3.05, 3.63) is 59.7 Å². The maximum absolute atomic E-state index is 12.5. The van der Waals surface area contributed by atoms with Crippen LogP contribution in [0.15, 0.2) is 48.5 Å². The van der Waals surface area contributed by atoms with Crippen LogP contribution in [-0.2, 0) is 6.54 Å². The maximum atomic E-state index is 12.5. The number of methoxy groups -OCH3 is 1. The summed E-state index contributed by atoms with van der Waals surface area (Å²) in [5.74, 6) is -0.262. The molecule has 1 heterocycles. The van der Waals surface area contributed by atoms with Gasteiger partial charge in [-0.3, -0.25) is 9.69 Å². The number of likely N-dealkylation sites (tertiary alicyclic amines) is 1. The molecule has 2 aromatic rings. The van der Waals surface area contributed by atoms with Crippen molar-refractivity contribution in [2.45, 2.75) is 25.6 Å². The molecule has 2 aromatic carbocycles. The topological polar surface area (TPSA) is 50.8 Å². The number of nitrogens with zero attached hydrogens (tertiary/aromatic N) is 1. The molecule has 7 heteroatoms. The van der Waals surface area contributed by atoms with Crippen LogP contribution in [0.25, 0.3) is 0 Å². The minimum atomic E-state index is -2.95. The molecule has 0 radical (unpaired) electrons. The van der Waals surface area contributed by atoms with E-state index in [1.54, 1.807) is 0 Å². The third kappa shape index (κ3) is 5.17. The van der Waals surface area contributed by atoms with E-state index in [1.165, 1.54) is 30.9 Å². The van der Waals surface area contributed by atoms with Crippen LogP contribution in [0.5, 0.6) is 11.5 Å². The fourth-order valence-electron chi connectivity index (χ4n) is 3.21. The largest absolute Gasteiger partial charge is 0.493 e.